The average molecular weight is 394 g/mol. The van der Waals surface area contributed by atoms with Crippen LogP contribution in [0.5, 0.6) is 17.4 Å². The molecule has 1 atom stereocenters. The highest BCUT2D eigenvalue weighted by Crippen LogP contribution is 2.43. The Balaban J connectivity index is 1.88. The molecule has 5 nitrogen and oxygen atoms in total. The number of methoxy groups -OCH3 is 1. The predicted octanol–water partition coefficient (Wildman–Crippen LogP) is 4.91. The van der Waals surface area contributed by atoms with Crippen LogP contribution in [0.4, 0.5) is 4.39 Å². The van der Waals surface area contributed by atoms with Gasteiger partial charge in [-0.15, -0.1) is 0 Å². The van der Waals surface area contributed by atoms with Crippen LogP contribution in [0.1, 0.15) is 31.0 Å². The molecule has 0 saturated carbocycles. The van der Waals surface area contributed by atoms with E-state index in [0.29, 0.717) is 17.4 Å². The summed E-state index contributed by atoms with van der Waals surface area (Å²) in [6.45, 7) is 6.19. The zero-order chi connectivity index (χ0) is 20.7. The number of rotatable bonds is 4. The molecule has 2 aromatic heterocycles. The van der Waals surface area contributed by atoms with Crippen molar-refractivity contribution in [2.75, 3.05) is 7.11 Å². The van der Waals surface area contributed by atoms with Crippen molar-refractivity contribution in [3.05, 3.63) is 69.9 Å². The Hall–Kier alpha value is -3.15. The van der Waals surface area contributed by atoms with Gasteiger partial charge in [-0.2, -0.15) is 9.37 Å². The van der Waals surface area contributed by atoms with Crippen molar-refractivity contribution in [1.82, 2.24) is 9.55 Å². The van der Waals surface area contributed by atoms with Crippen LogP contribution < -0.4 is 14.9 Å². The van der Waals surface area contributed by atoms with E-state index in [0.717, 1.165) is 28.8 Å². The summed E-state index contributed by atoms with van der Waals surface area (Å²) in [5.74, 6) is 0.876. The van der Waals surface area contributed by atoms with Gasteiger partial charge in [0.05, 0.1) is 12.8 Å². The second kappa shape index (κ2) is 7.35. The van der Waals surface area contributed by atoms with Gasteiger partial charge in [-0.05, 0) is 43.0 Å². The Morgan fingerprint density at radius 1 is 1.21 bits per heavy atom. The number of pyridine rings is 2. The van der Waals surface area contributed by atoms with Crippen LogP contribution in [0.15, 0.2) is 47.4 Å². The van der Waals surface area contributed by atoms with E-state index < -0.39 is 5.95 Å². The number of benzene rings is 1. The number of fused-ring (bicyclic) bond motifs is 3. The quantitative estimate of drug-likeness (QED) is 0.590. The van der Waals surface area contributed by atoms with Crippen LogP contribution in [-0.4, -0.2) is 16.7 Å². The molecular weight excluding hydrogens is 371 g/mol. The number of aromatic nitrogens is 2. The first-order chi connectivity index (χ1) is 13.9. The van der Waals surface area contributed by atoms with Crippen molar-refractivity contribution in [2.24, 2.45) is 5.92 Å². The fraction of sp³-hybridized carbons (Fsp3) is 0.304. The number of ether oxygens (including phenoxy) is 2. The second-order valence-corrected chi connectivity index (χ2v) is 7.69. The summed E-state index contributed by atoms with van der Waals surface area (Å²) >= 11 is 0. The zero-order valence-electron chi connectivity index (χ0n) is 16.9. The van der Waals surface area contributed by atoms with Crippen molar-refractivity contribution in [3.63, 3.8) is 0 Å². The molecule has 0 saturated heterocycles. The highest BCUT2D eigenvalue weighted by Gasteiger charge is 2.28. The standard InChI is InChI=1S/C23H23FN2O3/c1-13(2)17-8-15-9-20(28-4)21(29-23-7-5-6-22(24)25-23)10-16(15)18-11-19(27)14(3)12-26(17)18/h5-7,9-13,17H,8H2,1-4H3. The maximum atomic E-state index is 13.5. The van der Waals surface area contributed by atoms with Gasteiger partial charge in [0.25, 0.3) is 0 Å². The van der Waals surface area contributed by atoms with Crippen molar-refractivity contribution >= 4 is 0 Å². The zero-order valence-corrected chi connectivity index (χ0v) is 16.9. The summed E-state index contributed by atoms with van der Waals surface area (Å²) in [5.41, 5.74) is 3.56. The molecule has 0 N–H and O–H groups in total. The Morgan fingerprint density at radius 2 is 2.00 bits per heavy atom. The van der Waals surface area contributed by atoms with Gasteiger partial charge in [0.1, 0.15) is 0 Å². The van der Waals surface area contributed by atoms with Gasteiger partial charge >= 0.3 is 0 Å². The maximum Gasteiger partial charge on any atom is 0.222 e. The van der Waals surface area contributed by atoms with Crippen molar-refractivity contribution in [2.45, 2.75) is 33.2 Å². The smallest absolute Gasteiger partial charge is 0.222 e. The highest BCUT2D eigenvalue weighted by atomic mass is 19.1. The molecule has 1 aromatic carbocycles. The Labute approximate surface area is 168 Å². The summed E-state index contributed by atoms with van der Waals surface area (Å²) in [7, 11) is 1.57. The molecule has 3 aromatic rings. The first kappa shape index (κ1) is 19.2. The lowest BCUT2D eigenvalue weighted by molar-refractivity contribution is 0.358. The average Bonchev–Trinajstić information content (AvgIpc) is 2.68. The van der Waals surface area contributed by atoms with Crippen LogP contribution in [0.2, 0.25) is 0 Å². The van der Waals surface area contributed by atoms with Crippen LogP contribution in [0.25, 0.3) is 11.3 Å². The monoisotopic (exact) mass is 394 g/mol. The molecule has 150 valence electrons. The first-order valence-corrected chi connectivity index (χ1v) is 9.62. The summed E-state index contributed by atoms with van der Waals surface area (Å²) in [6.07, 6.45) is 2.75. The van der Waals surface area contributed by atoms with E-state index >= 15 is 0 Å². The molecule has 1 aliphatic rings. The maximum absolute atomic E-state index is 13.5. The Morgan fingerprint density at radius 3 is 2.69 bits per heavy atom. The largest absolute Gasteiger partial charge is 0.493 e. The van der Waals surface area contributed by atoms with Gasteiger partial charge in [0.2, 0.25) is 11.8 Å². The predicted molar refractivity (Wildman–Crippen MR) is 109 cm³/mol. The van der Waals surface area contributed by atoms with Crippen LogP contribution >= 0.6 is 0 Å². The van der Waals surface area contributed by atoms with E-state index in [4.69, 9.17) is 9.47 Å². The minimum atomic E-state index is -0.619. The summed E-state index contributed by atoms with van der Waals surface area (Å²) in [4.78, 5) is 16.2. The lowest BCUT2D eigenvalue weighted by Gasteiger charge is -2.33. The van der Waals surface area contributed by atoms with E-state index in [-0.39, 0.29) is 17.4 Å². The summed E-state index contributed by atoms with van der Waals surface area (Å²) in [6, 6.07) is 10.1. The minimum absolute atomic E-state index is 0.00307. The van der Waals surface area contributed by atoms with E-state index in [1.165, 1.54) is 12.1 Å². The molecule has 29 heavy (non-hydrogen) atoms. The Bertz CT molecular complexity index is 1140. The van der Waals surface area contributed by atoms with E-state index in [2.05, 4.69) is 23.4 Å². The normalized spacial score (nSPS) is 15.0. The van der Waals surface area contributed by atoms with E-state index in [1.807, 2.05) is 25.3 Å². The van der Waals surface area contributed by atoms with Gasteiger partial charge in [-0.1, -0.05) is 19.9 Å². The van der Waals surface area contributed by atoms with E-state index in [9.17, 15) is 9.18 Å². The molecule has 1 unspecified atom stereocenters. The first-order valence-electron chi connectivity index (χ1n) is 9.62. The number of halogens is 1. The molecular formula is C23H23FN2O3. The van der Waals surface area contributed by atoms with Gasteiger partial charge in [0.15, 0.2) is 16.9 Å². The topological polar surface area (TPSA) is 53.4 Å². The molecule has 1 aliphatic heterocycles. The number of aryl methyl sites for hydroxylation is 1. The van der Waals surface area contributed by atoms with Crippen LogP contribution in [0, 0.1) is 18.8 Å². The molecule has 0 bridgehead atoms. The fourth-order valence-corrected chi connectivity index (χ4v) is 3.83. The van der Waals surface area contributed by atoms with Crippen molar-refractivity contribution < 1.29 is 13.9 Å². The lowest BCUT2D eigenvalue weighted by Crippen LogP contribution is -2.26. The molecule has 0 radical (unpaired) electrons. The third-order valence-corrected chi connectivity index (χ3v) is 5.39. The molecule has 0 amide bonds. The molecule has 0 fully saturated rings. The molecule has 3 heterocycles. The molecule has 0 spiro atoms. The number of hydrogen-bond acceptors (Lipinski definition) is 4. The van der Waals surface area contributed by atoms with Gasteiger partial charge < -0.3 is 14.0 Å². The van der Waals surface area contributed by atoms with Crippen LogP contribution in [0.3, 0.4) is 0 Å². The van der Waals surface area contributed by atoms with E-state index in [1.54, 1.807) is 19.2 Å². The summed E-state index contributed by atoms with van der Waals surface area (Å²) in [5, 5.41) is 0. The third-order valence-electron chi connectivity index (χ3n) is 5.39. The number of nitrogens with zero attached hydrogens (tertiary/aromatic N) is 2. The number of hydrogen-bond donors (Lipinski definition) is 0. The second-order valence-electron chi connectivity index (χ2n) is 7.69. The Kier molecular flexibility index (Phi) is 4.86. The third kappa shape index (κ3) is 3.50. The van der Waals surface area contributed by atoms with Gasteiger partial charge in [-0.25, -0.2) is 0 Å². The summed E-state index contributed by atoms with van der Waals surface area (Å²) < 4.78 is 27.0. The molecule has 4 rings (SSSR count). The van der Waals surface area contributed by atoms with Gasteiger partial charge in [-0.3, -0.25) is 4.79 Å². The lowest BCUT2D eigenvalue weighted by atomic mass is 9.87. The fourth-order valence-electron chi connectivity index (χ4n) is 3.83. The minimum Gasteiger partial charge on any atom is -0.493 e. The SMILES string of the molecule is COc1cc2c(cc1Oc1cccc(F)n1)-c1cc(=O)c(C)cn1C(C(C)C)C2. The van der Waals surface area contributed by atoms with Gasteiger partial charge in [0, 0.05) is 35.5 Å². The van der Waals surface area contributed by atoms with Crippen LogP contribution in [-0.2, 0) is 6.42 Å². The molecule has 0 aliphatic carbocycles. The molecule has 6 heteroatoms. The van der Waals surface area contributed by atoms with Crippen molar-refractivity contribution in [1.29, 1.82) is 0 Å². The van der Waals surface area contributed by atoms with Crippen molar-refractivity contribution in [3.8, 4) is 28.6 Å². The highest BCUT2D eigenvalue weighted by molar-refractivity contribution is 5.71.